The van der Waals surface area contributed by atoms with Crippen molar-refractivity contribution in [3.63, 3.8) is 0 Å². The van der Waals surface area contributed by atoms with Gasteiger partial charge in [0.15, 0.2) is 8.32 Å². The number of hydrogen-bond acceptors (Lipinski definition) is 3. The van der Waals surface area contributed by atoms with Crippen LogP contribution in [-0.4, -0.2) is 14.6 Å². The molecule has 4 heteroatoms. The number of carbonyl (C=O) groups excluding carboxylic acids is 1. The molecule has 0 aliphatic rings. The maximum absolute atomic E-state index is 10.5. The van der Waals surface area contributed by atoms with Crippen molar-refractivity contribution in [2.24, 2.45) is 0 Å². The Balaban J connectivity index is 2.67. The highest BCUT2D eigenvalue weighted by Crippen LogP contribution is 2.37. The number of rotatable bonds is 5. The minimum Gasteiger partial charge on any atom is -0.469 e. The summed E-state index contributed by atoms with van der Waals surface area (Å²) in [5, 5.41) is 0.196. The Morgan fingerprint density at radius 3 is 2.59 bits per heavy atom. The zero-order valence-corrected chi connectivity index (χ0v) is 12.4. The van der Waals surface area contributed by atoms with Gasteiger partial charge < -0.3 is 13.6 Å². The van der Waals surface area contributed by atoms with Crippen molar-refractivity contribution in [2.45, 2.75) is 51.9 Å². The smallest absolute Gasteiger partial charge is 0.192 e. The van der Waals surface area contributed by atoms with Gasteiger partial charge >= 0.3 is 0 Å². The van der Waals surface area contributed by atoms with Crippen LogP contribution in [0.3, 0.4) is 0 Å². The Morgan fingerprint density at radius 1 is 1.41 bits per heavy atom. The quantitative estimate of drug-likeness (QED) is 0.596. The monoisotopic (exact) mass is 254 g/mol. The van der Waals surface area contributed by atoms with E-state index in [1.54, 1.807) is 6.26 Å². The van der Waals surface area contributed by atoms with Gasteiger partial charge in [0.2, 0.25) is 0 Å². The van der Waals surface area contributed by atoms with Crippen molar-refractivity contribution < 1.29 is 13.6 Å². The maximum Gasteiger partial charge on any atom is 0.192 e. The standard InChI is InChI=1S/C13H22O3Si/c1-13(2,3)17(4,5)16-10-11-7-9-15-12(11)6-8-14/h7-9H,6,10H2,1-5H3. The van der Waals surface area contributed by atoms with Crippen LogP contribution < -0.4 is 0 Å². The van der Waals surface area contributed by atoms with E-state index in [1.165, 1.54) is 0 Å². The van der Waals surface area contributed by atoms with Crippen molar-refractivity contribution in [3.8, 4) is 0 Å². The average molecular weight is 254 g/mol. The molecule has 3 nitrogen and oxygen atoms in total. The molecule has 1 heterocycles. The van der Waals surface area contributed by atoms with E-state index in [1.807, 2.05) is 6.07 Å². The van der Waals surface area contributed by atoms with E-state index in [4.69, 9.17) is 8.84 Å². The van der Waals surface area contributed by atoms with E-state index in [-0.39, 0.29) is 5.04 Å². The molecular formula is C13H22O3Si. The highest BCUT2D eigenvalue weighted by Gasteiger charge is 2.37. The maximum atomic E-state index is 10.5. The molecule has 0 fully saturated rings. The van der Waals surface area contributed by atoms with Gasteiger partial charge in [0.1, 0.15) is 12.0 Å². The second kappa shape index (κ2) is 5.19. The van der Waals surface area contributed by atoms with Crippen molar-refractivity contribution in [1.29, 1.82) is 0 Å². The first kappa shape index (κ1) is 14.2. The first-order valence-corrected chi connectivity index (χ1v) is 8.81. The zero-order valence-electron chi connectivity index (χ0n) is 11.4. The molecule has 1 rings (SSSR count). The van der Waals surface area contributed by atoms with Gasteiger partial charge in [-0.3, -0.25) is 0 Å². The predicted molar refractivity (Wildman–Crippen MR) is 70.5 cm³/mol. The summed E-state index contributed by atoms with van der Waals surface area (Å²) in [6.07, 6.45) is 2.79. The van der Waals surface area contributed by atoms with Gasteiger partial charge in [-0.1, -0.05) is 20.8 Å². The molecular weight excluding hydrogens is 232 g/mol. The zero-order chi connectivity index (χ0) is 13.1. The Kier molecular flexibility index (Phi) is 4.33. The van der Waals surface area contributed by atoms with Crippen molar-refractivity contribution >= 4 is 14.6 Å². The Hall–Kier alpha value is -0.873. The number of furan rings is 1. The Morgan fingerprint density at radius 2 is 2.06 bits per heavy atom. The largest absolute Gasteiger partial charge is 0.469 e. The number of aldehydes is 1. The lowest BCUT2D eigenvalue weighted by Crippen LogP contribution is -2.40. The fourth-order valence-corrected chi connectivity index (χ4v) is 2.17. The minimum atomic E-state index is -1.74. The van der Waals surface area contributed by atoms with Gasteiger partial charge in [-0.05, 0) is 24.2 Å². The SMILES string of the molecule is CC(C)(C)[Si](C)(C)OCc1ccoc1CC=O. The third kappa shape index (κ3) is 3.54. The molecule has 1 aromatic rings. The van der Waals surface area contributed by atoms with Gasteiger partial charge in [0.25, 0.3) is 0 Å². The topological polar surface area (TPSA) is 39.4 Å². The summed E-state index contributed by atoms with van der Waals surface area (Å²) < 4.78 is 11.3. The first-order valence-electron chi connectivity index (χ1n) is 5.91. The molecule has 0 saturated heterocycles. The normalized spacial score (nSPS) is 12.8. The van der Waals surface area contributed by atoms with Crippen molar-refractivity contribution in [1.82, 2.24) is 0 Å². The molecule has 0 aromatic carbocycles. The average Bonchev–Trinajstić information content (AvgIpc) is 2.61. The lowest BCUT2D eigenvalue weighted by molar-refractivity contribution is -0.107. The second-order valence-electron chi connectivity index (χ2n) is 5.79. The van der Waals surface area contributed by atoms with Gasteiger partial charge in [-0.2, -0.15) is 0 Å². The summed E-state index contributed by atoms with van der Waals surface area (Å²) >= 11 is 0. The summed E-state index contributed by atoms with van der Waals surface area (Å²) in [6.45, 7) is 11.6. The van der Waals surface area contributed by atoms with Crippen LogP contribution in [0.5, 0.6) is 0 Å². The molecule has 0 aliphatic heterocycles. The summed E-state index contributed by atoms with van der Waals surface area (Å²) in [5.41, 5.74) is 0.988. The van der Waals surface area contributed by atoms with Gasteiger partial charge in [0.05, 0.1) is 19.3 Å². The lowest BCUT2D eigenvalue weighted by atomic mass is 10.2. The number of hydrogen-bond donors (Lipinski definition) is 0. The minimum absolute atomic E-state index is 0.196. The van der Waals surface area contributed by atoms with Crippen molar-refractivity contribution in [2.75, 3.05) is 0 Å². The molecule has 0 amide bonds. The van der Waals surface area contributed by atoms with E-state index >= 15 is 0 Å². The van der Waals surface area contributed by atoms with Crippen LogP contribution in [0.2, 0.25) is 18.1 Å². The summed E-state index contributed by atoms with van der Waals surface area (Å²) in [6, 6.07) is 1.88. The van der Waals surface area contributed by atoms with E-state index in [2.05, 4.69) is 33.9 Å². The van der Waals surface area contributed by atoms with Gasteiger partial charge in [-0.25, -0.2) is 0 Å². The molecule has 1 aromatic heterocycles. The van der Waals surface area contributed by atoms with Gasteiger partial charge in [-0.15, -0.1) is 0 Å². The van der Waals surface area contributed by atoms with Crippen LogP contribution in [0.4, 0.5) is 0 Å². The highest BCUT2D eigenvalue weighted by atomic mass is 28.4. The molecule has 0 bridgehead atoms. The van der Waals surface area contributed by atoms with Gasteiger partial charge in [0, 0.05) is 5.56 Å². The molecule has 0 spiro atoms. The van der Waals surface area contributed by atoms with E-state index in [0.717, 1.165) is 17.6 Å². The van der Waals surface area contributed by atoms with E-state index in [9.17, 15) is 4.79 Å². The Bertz CT molecular complexity index is 374. The molecule has 0 saturated carbocycles. The second-order valence-corrected chi connectivity index (χ2v) is 10.6. The summed E-state index contributed by atoms with van der Waals surface area (Å²) in [5.74, 6) is 0.721. The molecule has 0 unspecified atom stereocenters. The third-order valence-electron chi connectivity index (χ3n) is 3.50. The van der Waals surface area contributed by atoms with Crippen LogP contribution in [0, 0.1) is 0 Å². The van der Waals surface area contributed by atoms with Crippen LogP contribution in [-0.2, 0) is 22.2 Å². The van der Waals surface area contributed by atoms with Crippen LogP contribution in [0.25, 0.3) is 0 Å². The summed E-state index contributed by atoms with van der Waals surface area (Å²) in [7, 11) is -1.74. The molecule has 96 valence electrons. The third-order valence-corrected chi connectivity index (χ3v) is 7.98. The van der Waals surface area contributed by atoms with Crippen LogP contribution in [0.15, 0.2) is 16.7 Å². The molecule has 0 radical (unpaired) electrons. The Labute approximate surface area is 104 Å². The molecule has 0 aliphatic carbocycles. The molecule has 0 N–H and O–H groups in total. The highest BCUT2D eigenvalue weighted by molar-refractivity contribution is 6.74. The first-order chi connectivity index (χ1) is 7.78. The predicted octanol–water partition coefficient (Wildman–Crippen LogP) is 3.54. The molecule has 17 heavy (non-hydrogen) atoms. The fraction of sp³-hybridized carbons (Fsp3) is 0.615. The number of carbonyl (C=O) groups is 1. The van der Waals surface area contributed by atoms with Crippen LogP contribution >= 0.6 is 0 Å². The summed E-state index contributed by atoms with van der Waals surface area (Å²) in [4.78, 5) is 10.5. The van der Waals surface area contributed by atoms with E-state index in [0.29, 0.717) is 13.0 Å². The lowest BCUT2D eigenvalue weighted by Gasteiger charge is -2.36. The van der Waals surface area contributed by atoms with E-state index < -0.39 is 8.32 Å². The molecule has 0 atom stereocenters. The fourth-order valence-electron chi connectivity index (χ4n) is 1.23. The van der Waals surface area contributed by atoms with Crippen molar-refractivity contribution in [3.05, 3.63) is 23.7 Å². The van der Waals surface area contributed by atoms with Crippen LogP contribution in [0.1, 0.15) is 32.1 Å².